The Bertz CT molecular complexity index is 509. The van der Waals surface area contributed by atoms with Crippen LogP contribution in [0, 0.1) is 5.92 Å². The fourth-order valence-corrected chi connectivity index (χ4v) is 3.36. The normalized spacial score (nSPS) is 26.2. The summed E-state index contributed by atoms with van der Waals surface area (Å²) in [7, 11) is 0. The van der Waals surface area contributed by atoms with Crippen molar-refractivity contribution in [3.05, 3.63) is 59.2 Å². The van der Waals surface area contributed by atoms with Gasteiger partial charge < -0.3 is 5.73 Å². The Morgan fingerprint density at radius 1 is 1.33 bits per heavy atom. The molecular weight excluding hydrogens is 361 g/mol. The van der Waals surface area contributed by atoms with Crippen LogP contribution in [0.4, 0.5) is 0 Å². The van der Waals surface area contributed by atoms with Gasteiger partial charge in [-0.25, -0.2) is 0 Å². The molecule has 2 rings (SSSR count). The minimum absolute atomic E-state index is 0.279. The summed E-state index contributed by atoms with van der Waals surface area (Å²) in [5, 5.41) is 0.715. The van der Waals surface area contributed by atoms with Crippen molar-refractivity contribution in [1.29, 1.82) is 0 Å². The molecule has 2 nitrogen and oxygen atoms in total. The number of allylic oxidation sites excluding steroid dienone is 3. The summed E-state index contributed by atoms with van der Waals surface area (Å²) in [6.07, 6.45) is 8.48. The van der Waals surface area contributed by atoms with Crippen LogP contribution in [0.3, 0.4) is 0 Å². The maximum Gasteiger partial charge on any atom is 0.226 e. The van der Waals surface area contributed by atoms with Gasteiger partial charge in [0.1, 0.15) is 0 Å². The molecule has 0 heterocycles. The fraction of sp³-hybridized carbons (Fsp3) is 0.214. The number of hydrogen-bond acceptors (Lipinski definition) is 1. The minimum atomic E-state index is -0.299. The van der Waals surface area contributed by atoms with Crippen LogP contribution in [0.5, 0.6) is 0 Å². The standard InChI is InChI=1S/C14H13ClINO/c15-11-6-4-10(5-7-11)9-14(16)8-2-1-3-12(14)13(17)18/h1-8,12H,9H2,(H2,17,18). The summed E-state index contributed by atoms with van der Waals surface area (Å²) in [6, 6.07) is 7.68. The highest BCUT2D eigenvalue weighted by Crippen LogP contribution is 2.37. The molecule has 1 aromatic carbocycles. The zero-order valence-electron chi connectivity index (χ0n) is 9.64. The lowest BCUT2D eigenvalue weighted by molar-refractivity contribution is -0.120. The SMILES string of the molecule is NC(=O)C1C=CC=CC1(I)Cc1ccc(Cl)cc1. The fourth-order valence-electron chi connectivity index (χ4n) is 2.07. The lowest BCUT2D eigenvalue weighted by atomic mass is 9.83. The number of carbonyl (C=O) groups excluding carboxylic acids is 1. The number of primary amides is 1. The van der Waals surface area contributed by atoms with Crippen LogP contribution in [-0.2, 0) is 11.2 Å². The predicted molar refractivity (Wildman–Crippen MR) is 82.9 cm³/mol. The summed E-state index contributed by atoms with van der Waals surface area (Å²) in [4.78, 5) is 11.5. The molecule has 1 aliphatic rings. The Morgan fingerprint density at radius 3 is 2.61 bits per heavy atom. The first-order valence-electron chi connectivity index (χ1n) is 5.60. The van der Waals surface area contributed by atoms with Crippen molar-refractivity contribution in [2.45, 2.75) is 9.84 Å². The van der Waals surface area contributed by atoms with E-state index in [9.17, 15) is 4.79 Å². The Hall–Kier alpha value is -0.810. The van der Waals surface area contributed by atoms with Gasteiger partial charge >= 0.3 is 0 Å². The highest BCUT2D eigenvalue weighted by molar-refractivity contribution is 14.1. The van der Waals surface area contributed by atoms with Crippen molar-refractivity contribution >= 4 is 40.1 Å². The second-order valence-corrected chi connectivity index (χ2v) is 6.80. The van der Waals surface area contributed by atoms with Crippen LogP contribution in [0.25, 0.3) is 0 Å². The van der Waals surface area contributed by atoms with Crippen molar-refractivity contribution in [2.75, 3.05) is 0 Å². The van der Waals surface area contributed by atoms with E-state index in [0.29, 0.717) is 5.02 Å². The molecular formula is C14H13ClINO. The quantitative estimate of drug-likeness (QED) is 0.641. The molecule has 0 bridgehead atoms. The third-order valence-electron chi connectivity index (χ3n) is 3.00. The first-order chi connectivity index (χ1) is 8.51. The second kappa shape index (κ2) is 5.45. The maximum absolute atomic E-state index is 11.5. The molecule has 2 atom stereocenters. The number of halogens is 2. The molecule has 2 N–H and O–H groups in total. The lowest BCUT2D eigenvalue weighted by Gasteiger charge is -2.31. The number of rotatable bonds is 3. The van der Waals surface area contributed by atoms with Crippen LogP contribution in [-0.4, -0.2) is 9.33 Å². The summed E-state index contributed by atoms with van der Waals surface area (Å²) in [5.41, 5.74) is 6.61. The summed E-state index contributed by atoms with van der Waals surface area (Å²) >= 11 is 8.17. The summed E-state index contributed by atoms with van der Waals surface area (Å²) < 4.78 is -0.299. The van der Waals surface area contributed by atoms with Gasteiger partial charge in [0.15, 0.2) is 0 Å². The van der Waals surface area contributed by atoms with Crippen molar-refractivity contribution in [3.63, 3.8) is 0 Å². The third kappa shape index (κ3) is 2.95. The van der Waals surface area contributed by atoms with Crippen molar-refractivity contribution < 1.29 is 4.79 Å². The van der Waals surface area contributed by atoms with E-state index in [4.69, 9.17) is 17.3 Å². The third-order valence-corrected chi connectivity index (χ3v) is 4.66. The van der Waals surface area contributed by atoms with Crippen LogP contribution < -0.4 is 5.73 Å². The van der Waals surface area contributed by atoms with Gasteiger partial charge in [-0.05, 0) is 24.1 Å². The van der Waals surface area contributed by atoms with Gasteiger partial charge in [0, 0.05) is 5.02 Å². The summed E-state index contributed by atoms with van der Waals surface area (Å²) in [6.45, 7) is 0. The molecule has 0 aromatic heterocycles. The largest absolute Gasteiger partial charge is 0.369 e. The molecule has 2 unspecified atom stereocenters. The molecule has 0 aliphatic heterocycles. The van der Waals surface area contributed by atoms with Gasteiger partial charge in [0.05, 0.1) is 9.34 Å². The van der Waals surface area contributed by atoms with E-state index in [1.165, 1.54) is 0 Å². The zero-order valence-corrected chi connectivity index (χ0v) is 12.6. The van der Waals surface area contributed by atoms with Crippen LogP contribution >= 0.6 is 34.2 Å². The molecule has 1 amide bonds. The van der Waals surface area contributed by atoms with E-state index in [0.717, 1.165) is 12.0 Å². The van der Waals surface area contributed by atoms with Gasteiger partial charge in [-0.2, -0.15) is 0 Å². The van der Waals surface area contributed by atoms with E-state index in [-0.39, 0.29) is 15.2 Å². The van der Waals surface area contributed by atoms with Crippen LogP contribution in [0.15, 0.2) is 48.6 Å². The first kappa shape index (κ1) is 13.6. The Balaban J connectivity index is 2.25. The Labute approximate surface area is 125 Å². The Kier molecular flexibility index (Phi) is 4.12. The molecule has 1 aromatic rings. The highest BCUT2D eigenvalue weighted by Gasteiger charge is 2.37. The molecule has 0 spiro atoms. The first-order valence-corrected chi connectivity index (χ1v) is 7.06. The van der Waals surface area contributed by atoms with Crippen LogP contribution in [0.2, 0.25) is 5.02 Å². The highest BCUT2D eigenvalue weighted by atomic mass is 127. The minimum Gasteiger partial charge on any atom is -0.369 e. The van der Waals surface area contributed by atoms with E-state index < -0.39 is 0 Å². The molecule has 94 valence electrons. The molecule has 1 aliphatic carbocycles. The molecule has 0 radical (unpaired) electrons. The molecule has 4 heteroatoms. The van der Waals surface area contributed by atoms with Gasteiger partial charge in [0.25, 0.3) is 0 Å². The van der Waals surface area contributed by atoms with Gasteiger partial charge in [-0.1, -0.05) is 70.6 Å². The molecule has 0 saturated carbocycles. The van der Waals surface area contributed by atoms with Crippen molar-refractivity contribution in [2.24, 2.45) is 11.7 Å². The smallest absolute Gasteiger partial charge is 0.226 e. The van der Waals surface area contributed by atoms with E-state index >= 15 is 0 Å². The van der Waals surface area contributed by atoms with Gasteiger partial charge in [-0.3, -0.25) is 4.79 Å². The average molecular weight is 374 g/mol. The summed E-state index contributed by atoms with van der Waals surface area (Å²) in [5.74, 6) is -0.572. The number of amides is 1. The predicted octanol–water partition coefficient (Wildman–Crippen LogP) is 3.28. The van der Waals surface area contributed by atoms with Gasteiger partial charge in [0.2, 0.25) is 5.91 Å². The second-order valence-electron chi connectivity index (χ2n) is 4.35. The van der Waals surface area contributed by atoms with E-state index in [2.05, 4.69) is 22.6 Å². The number of carbonyl (C=O) groups is 1. The topological polar surface area (TPSA) is 43.1 Å². The number of nitrogens with two attached hydrogens (primary N) is 1. The zero-order chi connectivity index (χ0) is 13.2. The average Bonchev–Trinajstić information content (AvgIpc) is 2.32. The van der Waals surface area contributed by atoms with Crippen LogP contribution in [0.1, 0.15) is 5.56 Å². The number of hydrogen-bond donors (Lipinski definition) is 1. The molecule has 0 fully saturated rings. The van der Waals surface area contributed by atoms with E-state index in [1.807, 2.05) is 48.6 Å². The monoisotopic (exact) mass is 373 g/mol. The van der Waals surface area contributed by atoms with Gasteiger partial charge in [-0.15, -0.1) is 0 Å². The maximum atomic E-state index is 11.5. The van der Waals surface area contributed by atoms with Crippen molar-refractivity contribution in [1.82, 2.24) is 0 Å². The van der Waals surface area contributed by atoms with E-state index in [1.54, 1.807) is 0 Å². The molecule has 18 heavy (non-hydrogen) atoms. The number of benzene rings is 1. The number of alkyl halides is 1. The Morgan fingerprint density at radius 2 is 2.00 bits per heavy atom. The van der Waals surface area contributed by atoms with Crippen molar-refractivity contribution in [3.8, 4) is 0 Å². The lowest BCUT2D eigenvalue weighted by Crippen LogP contribution is -2.40. The molecule has 0 saturated heterocycles.